The number of nitrogens with zero attached hydrogens (tertiary/aromatic N) is 1. The van der Waals surface area contributed by atoms with E-state index in [1.807, 2.05) is 19.0 Å². The normalized spacial score (nSPS) is 14.6. The molecule has 0 bridgehead atoms. The lowest BCUT2D eigenvalue weighted by Crippen LogP contribution is -2.21. The Balaban J connectivity index is 3.10. The number of rotatable bonds is 3. The van der Waals surface area contributed by atoms with Crippen LogP contribution in [0.25, 0.3) is 0 Å². The molecule has 0 aliphatic carbocycles. The third-order valence-electron chi connectivity index (χ3n) is 0.882. The van der Waals surface area contributed by atoms with Gasteiger partial charge in [0.2, 0.25) is 0 Å². The van der Waals surface area contributed by atoms with Gasteiger partial charge >= 0.3 is 0 Å². The summed E-state index contributed by atoms with van der Waals surface area (Å²) in [6, 6.07) is 0. The largest absolute Gasteiger partial charge is 0.396 e. The smallest absolute Gasteiger partial charge is 0.0471 e. The Kier molecular flexibility index (Phi) is 3.83. The molecule has 0 saturated carbocycles. The first-order chi connectivity index (χ1) is 3.66. The average Bonchev–Trinajstić information content (AvgIpc) is 1.65. The van der Waals surface area contributed by atoms with Gasteiger partial charge in [-0.3, -0.25) is 0 Å². The van der Waals surface area contributed by atoms with Gasteiger partial charge in [-0.05, 0) is 26.9 Å². The van der Waals surface area contributed by atoms with Crippen LogP contribution in [0.3, 0.4) is 0 Å². The van der Waals surface area contributed by atoms with Gasteiger partial charge in [0.1, 0.15) is 0 Å². The second-order valence-electron chi connectivity index (χ2n) is 2.31. The van der Waals surface area contributed by atoms with Crippen LogP contribution in [0.15, 0.2) is 0 Å². The molecule has 0 aromatic rings. The van der Waals surface area contributed by atoms with Crippen LogP contribution >= 0.6 is 0 Å². The van der Waals surface area contributed by atoms with Crippen molar-refractivity contribution < 1.29 is 5.11 Å². The van der Waals surface area contributed by atoms with Crippen molar-refractivity contribution in [2.75, 3.05) is 27.2 Å². The fraction of sp³-hybridized carbons (Fsp3) is 0.833. The Morgan fingerprint density at radius 2 is 2.12 bits per heavy atom. The molecule has 0 saturated heterocycles. The molecule has 2 heteroatoms. The van der Waals surface area contributed by atoms with Gasteiger partial charge in [0, 0.05) is 13.2 Å². The van der Waals surface area contributed by atoms with E-state index in [2.05, 4.69) is 6.92 Å². The Bertz CT molecular complexity index is 54.5. The fourth-order valence-corrected chi connectivity index (χ4v) is 0.574. The van der Waals surface area contributed by atoms with Crippen LogP contribution in [0.2, 0.25) is 0 Å². The highest BCUT2D eigenvalue weighted by Crippen LogP contribution is 1.91. The minimum absolute atomic E-state index is 0.157. The molecule has 2 nitrogen and oxygen atoms in total. The number of hydrogen-bond donors (Lipinski definition) is 1. The van der Waals surface area contributed by atoms with Crippen LogP contribution in [0.1, 0.15) is 0 Å². The molecule has 49 valence electrons. The topological polar surface area (TPSA) is 23.5 Å². The summed E-state index contributed by atoms with van der Waals surface area (Å²) >= 11 is 0. The number of aliphatic hydroxyl groups excluding tert-OH is 1. The van der Waals surface area contributed by atoms with E-state index in [0.717, 1.165) is 6.54 Å². The Labute approximate surface area is 51.1 Å². The van der Waals surface area contributed by atoms with Gasteiger partial charge in [-0.2, -0.15) is 0 Å². The van der Waals surface area contributed by atoms with Gasteiger partial charge in [0.25, 0.3) is 0 Å². The highest BCUT2D eigenvalue weighted by atomic mass is 16.3. The second kappa shape index (κ2) is 3.87. The van der Waals surface area contributed by atoms with Gasteiger partial charge in [0.05, 0.1) is 0 Å². The zero-order valence-corrected chi connectivity index (χ0v) is 5.59. The van der Waals surface area contributed by atoms with E-state index in [4.69, 9.17) is 5.11 Å². The summed E-state index contributed by atoms with van der Waals surface area (Å²) in [5.41, 5.74) is 0. The van der Waals surface area contributed by atoms with E-state index in [1.165, 1.54) is 0 Å². The van der Waals surface area contributed by atoms with E-state index in [9.17, 15) is 0 Å². The summed E-state index contributed by atoms with van der Waals surface area (Å²) in [4.78, 5) is 2.01. The lowest BCUT2D eigenvalue weighted by molar-refractivity contribution is 0.219. The molecular formula is C6H14NO. The van der Waals surface area contributed by atoms with Crippen molar-refractivity contribution in [2.24, 2.45) is 5.92 Å². The van der Waals surface area contributed by atoms with E-state index in [-0.39, 0.29) is 12.5 Å². The molecule has 1 atom stereocenters. The van der Waals surface area contributed by atoms with Gasteiger partial charge in [-0.15, -0.1) is 0 Å². The molecule has 0 aliphatic rings. The van der Waals surface area contributed by atoms with Crippen molar-refractivity contribution in [1.29, 1.82) is 0 Å². The van der Waals surface area contributed by atoms with Crippen LogP contribution in [0.4, 0.5) is 0 Å². The minimum atomic E-state index is 0.157. The minimum Gasteiger partial charge on any atom is -0.396 e. The Morgan fingerprint density at radius 1 is 1.62 bits per heavy atom. The molecule has 0 spiro atoms. The summed E-state index contributed by atoms with van der Waals surface area (Å²) in [7, 11) is 3.93. The van der Waals surface area contributed by atoms with Crippen LogP contribution in [-0.2, 0) is 0 Å². The number of aliphatic hydroxyl groups is 1. The molecule has 1 unspecified atom stereocenters. The molecule has 0 heterocycles. The third-order valence-corrected chi connectivity index (χ3v) is 0.882. The molecule has 0 rings (SSSR count). The maximum atomic E-state index is 8.49. The molecule has 0 aliphatic heterocycles. The first-order valence-corrected chi connectivity index (χ1v) is 2.75. The summed E-state index contributed by atoms with van der Waals surface area (Å²) in [5.74, 6) is 0.157. The monoisotopic (exact) mass is 116 g/mol. The second-order valence-corrected chi connectivity index (χ2v) is 2.31. The Hall–Kier alpha value is -0.0800. The van der Waals surface area contributed by atoms with Gasteiger partial charge in [0.15, 0.2) is 0 Å². The van der Waals surface area contributed by atoms with E-state index < -0.39 is 0 Å². The maximum Gasteiger partial charge on any atom is 0.0471 e. The first-order valence-electron chi connectivity index (χ1n) is 2.75. The highest BCUT2D eigenvalue weighted by Gasteiger charge is 1.98. The Morgan fingerprint density at radius 3 is 2.25 bits per heavy atom. The van der Waals surface area contributed by atoms with E-state index in [0.29, 0.717) is 0 Å². The predicted octanol–water partition coefficient (Wildman–Crippen LogP) is -0.00941. The zero-order chi connectivity index (χ0) is 6.57. The van der Waals surface area contributed by atoms with Gasteiger partial charge < -0.3 is 10.0 Å². The molecule has 0 fully saturated rings. The predicted molar refractivity (Wildman–Crippen MR) is 34.5 cm³/mol. The quantitative estimate of drug-likeness (QED) is 0.560. The van der Waals surface area contributed by atoms with Crippen molar-refractivity contribution in [3.05, 3.63) is 6.92 Å². The van der Waals surface area contributed by atoms with Crippen molar-refractivity contribution >= 4 is 0 Å². The lowest BCUT2D eigenvalue weighted by Gasteiger charge is -2.13. The van der Waals surface area contributed by atoms with E-state index in [1.54, 1.807) is 0 Å². The molecule has 0 aromatic carbocycles. The molecule has 0 amide bonds. The van der Waals surface area contributed by atoms with E-state index >= 15 is 0 Å². The van der Waals surface area contributed by atoms with Crippen LogP contribution < -0.4 is 0 Å². The zero-order valence-electron chi connectivity index (χ0n) is 5.59. The number of hydrogen-bond acceptors (Lipinski definition) is 2. The van der Waals surface area contributed by atoms with Crippen molar-refractivity contribution in [2.45, 2.75) is 0 Å². The summed E-state index contributed by atoms with van der Waals surface area (Å²) in [5, 5.41) is 8.49. The SMILES string of the molecule is [CH2]C(CO)CN(C)C. The standard InChI is InChI=1S/C6H14NO/c1-6(5-8)4-7(2)3/h6,8H,1,4-5H2,2-3H3. The maximum absolute atomic E-state index is 8.49. The first kappa shape index (κ1) is 7.92. The molecule has 0 aromatic heterocycles. The van der Waals surface area contributed by atoms with Gasteiger partial charge in [-0.1, -0.05) is 0 Å². The fourth-order valence-electron chi connectivity index (χ4n) is 0.574. The summed E-state index contributed by atoms with van der Waals surface area (Å²) in [6.45, 7) is 4.74. The van der Waals surface area contributed by atoms with Crippen LogP contribution in [-0.4, -0.2) is 37.3 Å². The van der Waals surface area contributed by atoms with Gasteiger partial charge in [-0.25, -0.2) is 0 Å². The molecule has 1 N–H and O–H groups in total. The summed E-state index contributed by atoms with van der Waals surface area (Å²) in [6.07, 6.45) is 0. The molecule has 8 heavy (non-hydrogen) atoms. The highest BCUT2D eigenvalue weighted by molar-refractivity contribution is 4.60. The van der Waals surface area contributed by atoms with Crippen molar-refractivity contribution in [1.82, 2.24) is 4.90 Å². The van der Waals surface area contributed by atoms with Crippen LogP contribution in [0, 0.1) is 12.8 Å². The van der Waals surface area contributed by atoms with Crippen LogP contribution in [0.5, 0.6) is 0 Å². The molecular weight excluding hydrogens is 102 g/mol. The third kappa shape index (κ3) is 4.09. The summed E-state index contributed by atoms with van der Waals surface area (Å²) < 4.78 is 0. The van der Waals surface area contributed by atoms with Crippen molar-refractivity contribution in [3.63, 3.8) is 0 Å². The molecule has 1 radical (unpaired) electrons. The average molecular weight is 116 g/mol. The van der Waals surface area contributed by atoms with Crippen molar-refractivity contribution in [3.8, 4) is 0 Å². The lowest BCUT2D eigenvalue weighted by atomic mass is 10.2.